The third kappa shape index (κ3) is 9.00. The van der Waals surface area contributed by atoms with Crippen LogP contribution in [0.5, 0.6) is 5.75 Å². The van der Waals surface area contributed by atoms with Gasteiger partial charge in [-0.15, -0.1) is 11.3 Å². The summed E-state index contributed by atoms with van der Waals surface area (Å²) in [5.74, 6) is 2.04. The van der Waals surface area contributed by atoms with Gasteiger partial charge in [0.2, 0.25) is 0 Å². The second-order valence-electron chi connectivity index (χ2n) is 8.06. The second-order valence-corrected chi connectivity index (χ2v) is 9.09. The van der Waals surface area contributed by atoms with Crippen LogP contribution in [0.4, 0.5) is 0 Å². The first-order valence-corrected chi connectivity index (χ1v) is 12.1. The van der Waals surface area contributed by atoms with Crippen molar-refractivity contribution in [3.05, 3.63) is 52.2 Å². The van der Waals surface area contributed by atoms with Gasteiger partial charge in [-0.1, -0.05) is 25.1 Å². The fourth-order valence-electron chi connectivity index (χ4n) is 3.15. The minimum atomic E-state index is -0.0456. The van der Waals surface area contributed by atoms with Crippen molar-refractivity contribution in [1.82, 2.24) is 16.0 Å². The van der Waals surface area contributed by atoms with E-state index in [1.165, 1.54) is 10.4 Å². The summed E-state index contributed by atoms with van der Waals surface area (Å²) in [5, 5.41) is 11.8. The van der Waals surface area contributed by atoms with E-state index >= 15 is 0 Å². The summed E-state index contributed by atoms with van der Waals surface area (Å²) < 4.78 is 5.56. The molecule has 1 aliphatic rings. The van der Waals surface area contributed by atoms with E-state index in [9.17, 15) is 4.79 Å². The van der Waals surface area contributed by atoms with E-state index in [2.05, 4.69) is 47.3 Å². The number of hydrogen-bond acceptors (Lipinski definition) is 4. The lowest BCUT2D eigenvalue weighted by Crippen LogP contribution is -2.38. The maximum absolute atomic E-state index is 11.7. The Morgan fingerprint density at radius 2 is 2.03 bits per heavy atom. The van der Waals surface area contributed by atoms with Crippen LogP contribution in [0.25, 0.3) is 0 Å². The van der Waals surface area contributed by atoms with E-state index in [1.54, 1.807) is 0 Å². The van der Waals surface area contributed by atoms with Crippen molar-refractivity contribution in [3.8, 4) is 5.75 Å². The normalized spacial score (nSPS) is 14.7. The molecule has 1 aromatic carbocycles. The van der Waals surface area contributed by atoms with Gasteiger partial charge in [-0.3, -0.25) is 9.79 Å². The zero-order chi connectivity index (χ0) is 21.9. The number of ether oxygens (including phenoxy) is 1. The predicted octanol–water partition coefficient (Wildman–Crippen LogP) is 3.38. The van der Waals surface area contributed by atoms with Gasteiger partial charge >= 0.3 is 0 Å². The first-order valence-electron chi connectivity index (χ1n) is 11.2. The van der Waals surface area contributed by atoms with Gasteiger partial charge in [0.05, 0.1) is 0 Å². The zero-order valence-corrected chi connectivity index (χ0v) is 19.3. The number of amides is 1. The highest BCUT2D eigenvalue weighted by atomic mass is 32.1. The van der Waals surface area contributed by atoms with Crippen molar-refractivity contribution < 1.29 is 9.53 Å². The Kier molecular flexibility index (Phi) is 9.21. The van der Waals surface area contributed by atoms with Gasteiger partial charge in [-0.05, 0) is 67.7 Å². The van der Waals surface area contributed by atoms with E-state index in [0.717, 1.165) is 57.0 Å². The largest absolute Gasteiger partial charge is 0.484 e. The minimum absolute atomic E-state index is 0.0456. The molecular formula is C24H34N4O2S. The highest BCUT2D eigenvalue weighted by Crippen LogP contribution is 2.18. The second kappa shape index (κ2) is 12.3. The van der Waals surface area contributed by atoms with Crippen molar-refractivity contribution in [3.63, 3.8) is 0 Å². The predicted molar refractivity (Wildman–Crippen MR) is 128 cm³/mol. The van der Waals surface area contributed by atoms with Crippen LogP contribution < -0.4 is 20.7 Å². The molecule has 31 heavy (non-hydrogen) atoms. The topological polar surface area (TPSA) is 74.8 Å². The quantitative estimate of drug-likeness (QED) is 0.348. The fraction of sp³-hybridized carbons (Fsp3) is 0.500. The highest BCUT2D eigenvalue weighted by molar-refractivity contribution is 7.09. The molecule has 3 N–H and O–H groups in total. The molecule has 0 radical (unpaired) electrons. The molecule has 1 unspecified atom stereocenters. The van der Waals surface area contributed by atoms with Crippen molar-refractivity contribution in [2.45, 2.75) is 45.6 Å². The molecule has 1 saturated carbocycles. The molecule has 6 nitrogen and oxygen atoms in total. The third-order valence-electron chi connectivity index (χ3n) is 4.98. The summed E-state index contributed by atoms with van der Waals surface area (Å²) in [6.45, 7) is 6.83. The number of carbonyl (C=O) groups excluding carboxylic acids is 1. The van der Waals surface area contributed by atoms with E-state index < -0.39 is 0 Å². The number of aliphatic imine (C=N–C) groups is 1. The van der Waals surface area contributed by atoms with Gasteiger partial charge in [0.25, 0.3) is 5.91 Å². The average molecular weight is 443 g/mol. The fourth-order valence-corrected chi connectivity index (χ4v) is 4.02. The first-order chi connectivity index (χ1) is 15.1. The van der Waals surface area contributed by atoms with E-state index in [1.807, 2.05) is 35.6 Å². The van der Waals surface area contributed by atoms with Crippen LogP contribution in [0.2, 0.25) is 0 Å². The number of hydrogen-bond donors (Lipinski definition) is 3. The summed E-state index contributed by atoms with van der Waals surface area (Å²) in [7, 11) is 0. The van der Waals surface area contributed by atoms with Gasteiger partial charge in [0.15, 0.2) is 12.6 Å². The number of nitrogens with zero attached hydrogens (tertiary/aromatic N) is 1. The molecule has 1 fully saturated rings. The van der Waals surface area contributed by atoms with Crippen molar-refractivity contribution in [2.75, 3.05) is 26.2 Å². The van der Waals surface area contributed by atoms with Crippen LogP contribution in [0.15, 0.2) is 46.8 Å². The molecule has 0 saturated heterocycles. The standard InChI is InChI=1S/C24H34N4O2S/c1-3-25-24(27-16-18(2)15-22-5-4-14-31-22)26-13-12-19-6-10-21(11-7-19)30-17-23(29)28-20-8-9-20/h4-7,10-11,14,18,20H,3,8-9,12-13,15-17H2,1-2H3,(H,28,29)(H2,25,26,27). The summed E-state index contributed by atoms with van der Waals surface area (Å²) in [6.07, 6.45) is 4.13. The van der Waals surface area contributed by atoms with Gasteiger partial charge in [-0.25, -0.2) is 0 Å². The lowest BCUT2D eigenvalue weighted by Gasteiger charge is -2.13. The molecule has 0 aliphatic heterocycles. The van der Waals surface area contributed by atoms with Gasteiger partial charge in [0, 0.05) is 30.6 Å². The van der Waals surface area contributed by atoms with Gasteiger partial charge in [0.1, 0.15) is 5.75 Å². The molecule has 0 bridgehead atoms. The van der Waals surface area contributed by atoms with Gasteiger partial charge < -0.3 is 20.7 Å². The average Bonchev–Trinajstić information content (AvgIpc) is 3.43. The van der Waals surface area contributed by atoms with Crippen LogP contribution in [0.3, 0.4) is 0 Å². The van der Waals surface area contributed by atoms with Crippen molar-refractivity contribution in [2.24, 2.45) is 10.9 Å². The molecule has 1 aromatic heterocycles. The smallest absolute Gasteiger partial charge is 0.258 e. The van der Waals surface area contributed by atoms with Gasteiger partial charge in [-0.2, -0.15) is 0 Å². The van der Waals surface area contributed by atoms with Crippen molar-refractivity contribution >= 4 is 23.2 Å². The molecule has 168 valence electrons. The van der Waals surface area contributed by atoms with Crippen molar-refractivity contribution in [1.29, 1.82) is 0 Å². The molecule has 1 aliphatic carbocycles. The Morgan fingerprint density at radius 3 is 2.71 bits per heavy atom. The summed E-state index contributed by atoms with van der Waals surface area (Å²) in [5.41, 5.74) is 1.21. The number of rotatable bonds is 12. The lowest BCUT2D eigenvalue weighted by atomic mass is 10.1. The van der Waals surface area contributed by atoms with Crippen LogP contribution >= 0.6 is 11.3 Å². The Morgan fingerprint density at radius 1 is 1.23 bits per heavy atom. The number of guanidine groups is 1. The molecule has 0 spiro atoms. The SMILES string of the molecule is CCNC(=NCC(C)Cc1cccs1)NCCc1ccc(OCC(=O)NC2CC2)cc1. The molecule has 1 atom stereocenters. The van der Waals surface area contributed by atoms with E-state index in [0.29, 0.717) is 12.0 Å². The molecule has 3 rings (SSSR count). The summed E-state index contributed by atoms with van der Waals surface area (Å²) >= 11 is 1.81. The van der Waals surface area contributed by atoms with Crippen LogP contribution in [-0.4, -0.2) is 44.1 Å². The lowest BCUT2D eigenvalue weighted by molar-refractivity contribution is -0.123. The third-order valence-corrected chi connectivity index (χ3v) is 5.88. The molecular weight excluding hydrogens is 408 g/mol. The Hall–Kier alpha value is -2.54. The maximum Gasteiger partial charge on any atom is 0.258 e. The number of thiophene rings is 1. The molecule has 1 heterocycles. The Balaban J connectivity index is 1.37. The maximum atomic E-state index is 11.7. The monoisotopic (exact) mass is 442 g/mol. The number of carbonyl (C=O) groups is 1. The van der Waals surface area contributed by atoms with Crippen LogP contribution in [0.1, 0.15) is 37.1 Å². The molecule has 1 amide bonds. The molecule has 2 aromatic rings. The van der Waals surface area contributed by atoms with E-state index in [4.69, 9.17) is 9.73 Å². The molecule has 7 heteroatoms. The van der Waals surface area contributed by atoms with Crippen LogP contribution in [0, 0.1) is 5.92 Å². The number of benzene rings is 1. The Labute approximate surface area is 189 Å². The van der Waals surface area contributed by atoms with E-state index in [-0.39, 0.29) is 12.5 Å². The Bertz CT molecular complexity index is 817. The number of nitrogens with one attached hydrogen (secondary N) is 3. The van der Waals surface area contributed by atoms with Crippen LogP contribution in [-0.2, 0) is 17.6 Å². The summed E-state index contributed by atoms with van der Waals surface area (Å²) in [6, 6.07) is 12.6. The minimum Gasteiger partial charge on any atom is -0.484 e. The summed E-state index contributed by atoms with van der Waals surface area (Å²) in [4.78, 5) is 17.9. The zero-order valence-electron chi connectivity index (χ0n) is 18.5. The first kappa shape index (κ1) is 23.1. The highest BCUT2D eigenvalue weighted by Gasteiger charge is 2.23.